The Bertz CT molecular complexity index is 517. The second kappa shape index (κ2) is 12.2. The van der Waals surface area contributed by atoms with E-state index in [4.69, 9.17) is 9.47 Å². The fourth-order valence-corrected chi connectivity index (χ4v) is 3.21. The number of hydrogen-bond acceptors (Lipinski definition) is 2. The van der Waals surface area contributed by atoms with Crippen molar-refractivity contribution in [3.05, 3.63) is 42.0 Å². The summed E-state index contributed by atoms with van der Waals surface area (Å²) in [6.07, 6.45) is 19.1. The van der Waals surface area contributed by atoms with Gasteiger partial charge in [-0.1, -0.05) is 75.8 Å². The highest BCUT2D eigenvalue weighted by atomic mass is 16.6. The topological polar surface area (TPSA) is 21.8 Å². The largest absolute Gasteiger partial charge is 0.490 e. The van der Waals surface area contributed by atoms with Crippen LogP contribution in [0.25, 0.3) is 0 Å². The molecule has 0 bridgehead atoms. The van der Waals surface area contributed by atoms with Gasteiger partial charge in [-0.3, -0.25) is 0 Å². The molecule has 1 aromatic carbocycles. The number of ether oxygens (including phenoxy) is 2. The molecule has 0 aromatic heterocycles. The summed E-state index contributed by atoms with van der Waals surface area (Å²) in [5.74, 6) is 1.04. The molecule has 1 aromatic rings. The summed E-state index contributed by atoms with van der Waals surface area (Å²) in [6, 6.07) is 8.48. The molecule has 2 heteroatoms. The SMILES string of the molecule is CC/C=C/CCCCCCCCCCc1ccccc1OCC1(C)CO1. The zero-order valence-electron chi connectivity index (χ0n) is 17.0. The quantitative estimate of drug-likeness (QED) is 0.194. The van der Waals surface area contributed by atoms with Crippen molar-refractivity contribution in [3.63, 3.8) is 0 Å². The predicted octanol–water partition coefficient (Wildman–Crippen LogP) is 6.87. The Labute approximate surface area is 161 Å². The Morgan fingerprint density at radius 2 is 1.62 bits per heavy atom. The van der Waals surface area contributed by atoms with Gasteiger partial charge in [-0.05, 0) is 50.7 Å². The normalized spacial score (nSPS) is 19.2. The van der Waals surface area contributed by atoms with Crippen molar-refractivity contribution in [2.75, 3.05) is 13.2 Å². The summed E-state index contributed by atoms with van der Waals surface area (Å²) in [6.45, 7) is 5.80. The predicted molar refractivity (Wildman–Crippen MR) is 111 cm³/mol. The van der Waals surface area contributed by atoms with Gasteiger partial charge in [0.1, 0.15) is 18.0 Å². The third kappa shape index (κ3) is 8.89. The van der Waals surface area contributed by atoms with Gasteiger partial charge in [0.15, 0.2) is 0 Å². The molecule has 1 heterocycles. The van der Waals surface area contributed by atoms with Crippen LogP contribution < -0.4 is 4.74 Å². The Balaban J connectivity index is 1.49. The maximum Gasteiger partial charge on any atom is 0.123 e. The molecule has 1 unspecified atom stereocenters. The molecule has 0 spiro atoms. The minimum atomic E-state index is -0.0423. The smallest absolute Gasteiger partial charge is 0.123 e. The van der Waals surface area contributed by atoms with E-state index in [1.807, 2.05) is 0 Å². The zero-order valence-corrected chi connectivity index (χ0v) is 17.0. The summed E-state index contributed by atoms with van der Waals surface area (Å²) >= 11 is 0. The van der Waals surface area contributed by atoms with E-state index in [0.29, 0.717) is 6.61 Å². The summed E-state index contributed by atoms with van der Waals surface area (Å²) in [5, 5.41) is 0. The monoisotopic (exact) mass is 358 g/mol. The Morgan fingerprint density at radius 3 is 2.31 bits per heavy atom. The first-order valence-electron chi connectivity index (χ1n) is 10.7. The number of hydrogen-bond donors (Lipinski definition) is 0. The van der Waals surface area contributed by atoms with Gasteiger partial charge in [-0.15, -0.1) is 0 Å². The molecule has 1 atom stereocenters. The lowest BCUT2D eigenvalue weighted by atomic mass is 10.0. The van der Waals surface area contributed by atoms with E-state index in [-0.39, 0.29) is 5.60 Å². The highest BCUT2D eigenvalue weighted by Crippen LogP contribution is 2.28. The van der Waals surface area contributed by atoms with Crippen molar-refractivity contribution in [1.29, 1.82) is 0 Å². The van der Waals surface area contributed by atoms with Crippen molar-refractivity contribution in [3.8, 4) is 5.75 Å². The molecule has 146 valence electrons. The average Bonchev–Trinajstić information content (AvgIpc) is 3.39. The van der Waals surface area contributed by atoms with Crippen LogP contribution in [0.3, 0.4) is 0 Å². The average molecular weight is 359 g/mol. The molecular formula is C24H38O2. The third-order valence-corrected chi connectivity index (χ3v) is 5.11. The molecule has 1 aliphatic rings. The summed E-state index contributed by atoms with van der Waals surface area (Å²) in [4.78, 5) is 0. The number of unbranched alkanes of at least 4 members (excludes halogenated alkanes) is 8. The van der Waals surface area contributed by atoms with Gasteiger partial charge in [0, 0.05) is 0 Å². The van der Waals surface area contributed by atoms with Crippen LogP contribution in [0.4, 0.5) is 0 Å². The molecule has 0 saturated carbocycles. The molecule has 0 aliphatic carbocycles. The van der Waals surface area contributed by atoms with E-state index < -0.39 is 0 Å². The van der Waals surface area contributed by atoms with Crippen molar-refractivity contribution in [2.45, 2.75) is 90.1 Å². The van der Waals surface area contributed by atoms with Crippen LogP contribution in [-0.2, 0) is 11.2 Å². The van der Waals surface area contributed by atoms with Crippen LogP contribution in [0.5, 0.6) is 5.75 Å². The maximum atomic E-state index is 5.99. The molecule has 2 rings (SSSR count). The van der Waals surface area contributed by atoms with Crippen LogP contribution in [-0.4, -0.2) is 18.8 Å². The van der Waals surface area contributed by atoms with Gasteiger partial charge in [0.05, 0.1) is 6.61 Å². The van der Waals surface area contributed by atoms with Gasteiger partial charge in [-0.25, -0.2) is 0 Å². The van der Waals surface area contributed by atoms with Crippen LogP contribution in [0.1, 0.15) is 83.6 Å². The Kier molecular flexibility index (Phi) is 9.84. The fraction of sp³-hybridized carbons (Fsp3) is 0.667. The molecule has 0 N–H and O–H groups in total. The lowest BCUT2D eigenvalue weighted by Crippen LogP contribution is -2.17. The fourth-order valence-electron chi connectivity index (χ4n) is 3.21. The number of allylic oxidation sites excluding steroid dienone is 2. The van der Waals surface area contributed by atoms with Crippen LogP contribution in [0.15, 0.2) is 36.4 Å². The van der Waals surface area contributed by atoms with Gasteiger partial charge < -0.3 is 9.47 Å². The number of para-hydroxylation sites is 1. The van der Waals surface area contributed by atoms with E-state index in [9.17, 15) is 0 Å². The van der Waals surface area contributed by atoms with E-state index in [2.05, 4.69) is 50.3 Å². The number of rotatable bonds is 15. The van der Waals surface area contributed by atoms with Crippen LogP contribution >= 0.6 is 0 Å². The highest BCUT2D eigenvalue weighted by Gasteiger charge is 2.40. The van der Waals surface area contributed by atoms with Gasteiger partial charge in [-0.2, -0.15) is 0 Å². The molecule has 2 nitrogen and oxygen atoms in total. The van der Waals surface area contributed by atoms with E-state index in [1.54, 1.807) is 0 Å². The van der Waals surface area contributed by atoms with Crippen molar-refractivity contribution >= 4 is 0 Å². The van der Waals surface area contributed by atoms with E-state index in [1.165, 1.54) is 69.8 Å². The van der Waals surface area contributed by atoms with Crippen LogP contribution in [0.2, 0.25) is 0 Å². The minimum Gasteiger partial charge on any atom is -0.490 e. The molecule has 1 fully saturated rings. The first kappa shape index (κ1) is 21.0. The standard InChI is InChI=1S/C24H38O2/c1-3-4-5-6-7-8-9-10-11-12-13-14-17-22-18-15-16-19-23(22)25-20-24(2)21-26-24/h4-5,15-16,18-19H,3,6-14,17,20-21H2,1-2H3/b5-4+. The molecule has 1 aliphatic heterocycles. The first-order valence-corrected chi connectivity index (χ1v) is 10.7. The molecule has 0 radical (unpaired) electrons. The number of aryl methyl sites for hydroxylation is 1. The number of epoxide rings is 1. The van der Waals surface area contributed by atoms with E-state index >= 15 is 0 Å². The summed E-state index contributed by atoms with van der Waals surface area (Å²) < 4.78 is 11.4. The zero-order chi connectivity index (χ0) is 18.5. The Morgan fingerprint density at radius 1 is 0.962 bits per heavy atom. The van der Waals surface area contributed by atoms with E-state index in [0.717, 1.165) is 18.8 Å². The Hall–Kier alpha value is -1.28. The van der Waals surface area contributed by atoms with Gasteiger partial charge >= 0.3 is 0 Å². The molecular weight excluding hydrogens is 320 g/mol. The second-order valence-electron chi connectivity index (χ2n) is 7.88. The molecule has 0 amide bonds. The third-order valence-electron chi connectivity index (χ3n) is 5.11. The van der Waals surface area contributed by atoms with Gasteiger partial charge in [0.2, 0.25) is 0 Å². The molecule has 1 saturated heterocycles. The van der Waals surface area contributed by atoms with Crippen molar-refractivity contribution in [1.82, 2.24) is 0 Å². The lowest BCUT2D eigenvalue weighted by molar-refractivity contribution is 0.201. The molecule has 26 heavy (non-hydrogen) atoms. The van der Waals surface area contributed by atoms with Crippen LogP contribution in [0, 0.1) is 0 Å². The first-order chi connectivity index (χ1) is 12.7. The van der Waals surface area contributed by atoms with Crippen molar-refractivity contribution < 1.29 is 9.47 Å². The summed E-state index contributed by atoms with van der Waals surface area (Å²) in [7, 11) is 0. The number of benzene rings is 1. The summed E-state index contributed by atoms with van der Waals surface area (Å²) in [5.41, 5.74) is 1.30. The van der Waals surface area contributed by atoms with Crippen molar-refractivity contribution in [2.24, 2.45) is 0 Å². The second-order valence-corrected chi connectivity index (χ2v) is 7.88. The minimum absolute atomic E-state index is 0.0423. The highest BCUT2D eigenvalue weighted by molar-refractivity contribution is 5.33. The maximum absolute atomic E-state index is 5.99. The lowest BCUT2D eigenvalue weighted by Gasteiger charge is -2.13. The van der Waals surface area contributed by atoms with Gasteiger partial charge in [0.25, 0.3) is 0 Å².